The lowest BCUT2D eigenvalue weighted by Crippen LogP contribution is -2.52. The molecule has 1 fully saturated rings. The molecule has 22 heavy (non-hydrogen) atoms. The van der Waals surface area contributed by atoms with Crippen molar-refractivity contribution in [1.82, 2.24) is 4.90 Å². The number of rotatable bonds is 5. The summed E-state index contributed by atoms with van der Waals surface area (Å²) in [6.45, 7) is 8.86. The van der Waals surface area contributed by atoms with Crippen molar-refractivity contribution in [3.63, 3.8) is 0 Å². The summed E-state index contributed by atoms with van der Waals surface area (Å²) in [6.07, 6.45) is 3.42. The van der Waals surface area contributed by atoms with E-state index in [-0.39, 0.29) is 11.9 Å². The molecule has 1 saturated heterocycles. The zero-order valence-electron chi connectivity index (χ0n) is 14.1. The molecule has 1 heterocycles. The van der Waals surface area contributed by atoms with Crippen LogP contribution in [0.25, 0.3) is 0 Å². The molecule has 3 unspecified atom stereocenters. The molecule has 1 aromatic rings. The minimum atomic E-state index is -0.221. The fourth-order valence-corrected chi connectivity index (χ4v) is 3.21. The van der Waals surface area contributed by atoms with Crippen molar-refractivity contribution in [3.8, 4) is 5.75 Å². The van der Waals surface area contributed by atoms with E-state index in [1.54, 1.807) is 0 Å². The number of nitrogens with zero attached hydrogens (tertiary/aromatic N) is 1. The van der Waals surface area contributed by atoms with Gasteiger partial charge in [0.05, 0.1) is 6.61 Å². The zero-order valence-corrected chi connectivity index (χ0v) is 14.1. The highest BCUT2D eigenvalue weighted by Gasteiger charge is 2.31. The summed E-state index contributed by atoms with van der Waals surface area (Å²) in [4.78, 5) is 14.8. The smallest absolute Gasteiger partial charge is 0.245 e. The van der Waals surface area contributed by atoms with Crippen LogP contribution in [0.5, 0.6) is 5.75 Å². The summed E-state index contributed by atoms with van der Waals surface area (Å²) in [5.41, 5.74) is 0.946. The van der Waals surface area contributed by atoms with Crippen LogP contribution in [0.1, 0.15) is 47.0 Å². The van der Waals surface area contributed by atoms with Gasteiger partial charge in [0, 0.05) is 17.8 Å². The van der Waals surface area contributed by atoms with E-state index in [0.717, 1.165) is 24.3 Å². The van der Waals surface area contributed by atoms with Crippen LogP contribution < -0.4 is 10.1 Å². The maximum atomic E-state index is 12.7. The Bertz CT molecular complexity index is 476. The number of ether oxygens (including phenoxy) is 1. The SMILES string of the molecule is CCOc1ccc(NC(C)C(=O)N2C(C)CCCC2C)cc1. The van der Waals surface area contributed by atoms with Crippen LogP contribution in [0.2, 0.25) is 0 Å². The monoisotopic (exact) mass is 304 g/mol. The number of carbonyl (C=O) groups is 1. The van der Waals surface area contributed by atoms with E-state index in [4.69, 9.17) is 4.74 Å². The van der Waals surface area contributed by atoms with Gasteiger partial charge < -0.3 is 15.0 Å². The molecule has 2 rings (SSSR count). The van der Waals surface area contributed by atoms with Gasteiger partial charge in [0.25, 0.3) is 0 Å². The lowest BCUT2D eigenvalue weighted by molar-refractivity contribution is -0.137. The number of benzene rings is 1. The lowest BCUT2D eigenvalue weighted by atomic mass is 9.96. The Morgan fingerprint density at radius 2 is 1.86 bits per heavy atom. The molecule has 4 heteroatoms. The zero-order chi connectivity index (χ0) is 16.1. The van der Waals surface area contributed by atoms with E-state index in [1.165, 1.54) is 6.42 Å². The number of likely N-dealkylation sites (tertiary alicyclic amines) is 1. The summed E-state index contributed by atoms with van der Waals surface area (Å²) in [5.74, 6) is 1.04. The van der Waals surface area contributed by atoms with Crippen LogP contribution in [0, 0.1) is 0 Å². The largest absolute Gasteiger partial charge is 0.494 e. The van der Waals surface area contributed by atoms with E-state index >= 15 is 0 Å². The Morgan fingerprint density at radius 1 is 1.27 bits per heavy atom. The molecule has 1 amide bonds. The number of amides is 1. The summed E-state index contributed by atoms with van der Waals surface area (Å²) >= 11 is 0. The van der Waals surface area contributed by atoms with Crippen LogP contribution in [0.3, 0.4) is 0 Å². The van der Waals surface area contributed by atoms with Crippen molar-refractivity contribution in [2.45, 2.75) is 65.1 Å². The van der Waals surface area contributed by atoms with Gasteiger partial charge in [-0.25, -0.2) is 0 Å². The van der Waals surface area contributed by atoms with Crippen LogP contribution in [0.15, 0.2) is 24.3 Å². The highest BCUT2D eigenvalue weighted by molar-refractivity contribution is 5.85. The van der Waals surface area contributed by atoms with Crippen molar-refractivity contribution < 1.29 is 9.53 Å². The number of nitrogens with one attached hydrogen (secondary N) is 1. The maximum Gasteiger partial charge on any atom is 0.245 e. The third kappa shape index (κ3) is 3.93. The Hall–Kier alpha value is -1.71. The van der Waals surface area contributed by atoms with Gasteiger partial charge in [0.15, 0.2) is 0 Å². The molecule has 122 valence electrons. The molecular weight excluding hydrogens is 276 g/mol. The number of hydrogen-bond acceptors (Lipinski definition) is 3. The Morgan fingerprint density at radius 3 is 2.41 bits per heavy atom. The van der Waals surface area contributed by atoms with Gasteiger partial charge in [0.2, 0.25) is 5.91 Å². The second-order valence-electron chi connectivity index (χ2n) is 6.20. The van der Waals surface area contributed by atoms with Crippen LogP contribution in [-0.4, -0.2) is 35.5 Å². The Labute approximate surface area is 133 Å². The van der Waals surface area contributed by atoms with Crippen LogP contribution in [0.4, 0.5) is 5.69 Å². The first-order chi connectivity index (χ1) is 10.5. The molecular formula is C18H28N2O2. The summed E-state index contributed by atoms with van der Waals surface area (Å²) < 4.78 is 5.43. The molecule has 0 aliphatic carbocycles. The van der Waals surface area contributed by atoms with Gasteiger partial charge in [0.1, 0.15) is 11.8 Å². The molecule has 4 nitrogen and oxygen atoms in total. The minimum absolute atomic E-state index is 0.189. The highest BCUT2D eigenvalue weighted by atomic mass is 16.5. The lowest BCUT2D eigenvalue weighted by Gasteiger charge is -2.40. The van der Waals surface area contributed by atoms with Crippen molar-refractivity contribution in [3.05, 3.63) is 24.3 Å². The van der Waals surface area contributed by atoms with E-state index in [9.17, 15) is 4.79 Å². The van der Waals surface area contributed by atoms with Gasteiger partial charge >= 0.3 is 0 Å². The fraction of sp³-hybridized carbons (Fsp3) is 0.611. The summed E-state index contributed by atoms with van der Waals surface area (Å²) in [5, 5.41) is 3.30. The van der Waals surface area contributed by atoms with Crippen molar-refractivity contribution >= 4 is 11.6 Å². The normalized spacial score (nSPS) is 23.0. The first-order valence-corrected chi connectivity index (χ1v) is 8.34. The van der Waals surface area contributed by atoms with Crippen molar-refractivity contribution in [2.75, 3.05) is 11.9 Å². The molecule has 0 bridgehead atoms. The van der Waals surface area contributed by atoms with E-state index in [1.807, 2.05) is 38.1 Å². The molecule has 0 spiro atoms. The second kappa shape index (κ2) is 7.52. The van der Waals surface area contributed by atoms with E-state index in [0.29, 0.717) is 18.7 Å². The molecule has 3 atom stereocenters. The predicted molar refractivity (Wildman–Crippen MR) is 90.3 cm³/mol. The van der Waals surface area contributed by atoms with Gasteiger partial charge in [-0.05, 0) is 71.2 Å². The Kier molecular flexibility index (Phi) is 5.69. The van der Waals surface area contributed by atoms with Gasteiger partial charge in [-0.3, -0.25) is 4.79 Å². The average molecular weight is 304 g/mol. The standard InChI is InChI=1S/C18H28N2O2/c1-5-22-17-11-9-16(10-12-17)19-15(4)18(21)20-13(2)7-6-8-14(20)3/h9-15,19H,5-8H2,1-4H3. The topological polar surface area (TPSA) is 41.6 Å². The maximum absolute atomic E-state index is 12.7. The number of hydrogen-bond donors (Lipinski definition) is 1. The molecule has 0 aromatic heterocycles. The van der Waals surface area contributed by atoms with E-state index in [2.05, 4.69) is 24.1 Å². The van der Waals surface area contributed by atoms with E-state index < -0.39 is 0 Å². The highest BCUT2D eigenvalue weighted by Crippen LogP contribution is 2.24. The van der Waals surface area contributed by atoms with Crippen molar-refractivity contribution in [1.29, 1.82) is 0 Å². The quantitative estimate of drug-likeness (QED) is 0.902. The molecule has 1 aromatic carbocycles. The van der Waals surface area contributed by atoms with Crippen LogP contribution >= 0.6 is 0 Å². The molecule has 1 aliphatic rings. The second-order valence-corrected chi connectivity index (χ2v) is 6.20. The van der Waals surface area contributed by atoms with Gasteiger partial charge in [-0.15, -0.1) is 0 Å². The first-order valence-electron chi connectivity index (χ1n) is 8.34. The summed E-state index contributed by atoms with van der Waals surface area (Å²) in [6, 6.07) is 8.21. The minimum Gasteiger partial charge on any atom is -0.494 e. The number of anilines is 1. The van der Waals surface area contributed by atoms with Crippen molar-refractivity contribution in [2.24, 2.45) is 0 Å². The fourth-order valence-electron chi connectivity index (χ4n) is 3.21. The number of piperidine rings is 1. The Balaban J connectivity index is 1.98. The van der Waals surface area contributed by atoms with Gasteiger partial charge in [-0.1, -0.05) is 0 Å². The first kappa shape index (κ1) is 16.7. The predicted octanol–water partition coefficient (Wildman–Crippen LogP) is 3.68. The molecule has 0 radical (unpaired) electrons. The average Bonchev–Trinajstić information content (AvgIpc) is 2.49. The third-order valence-corrected chi connectivity index (χ3v) is 4.37. The van der Waals surface area contributed by atoms with Crippen LogP contribution in [-0.2, 0) is 4.79 Å². The molecule has 0 saturated carbocycles. The number of carbonyl (C=O) groups excluding carboxylic acids is 1. The summed E-state index contributed by atoms with van der Waals surface area (Å²) in [7, 11) is 0. The molecule has 1 N–H and O–H groups in total. The third-order valence-electron chi connectivity index (χ3n) is 4.37. The molecule has 1 aliphatic heterocycles. The van der Waals surface area contributed by atoms with Gasteiger partial charge in [-0.2, -0.15) is 0 Å².